The maximum atomic E-state index is 12.5. The largest absolute Gasteiger partial charge is 0.496 e. The third kappa shape index (κ3) is 6.35. The van der Waals surface area contributed by atoms with Crippen LogP contribution in [-0.2, 0) is 16.1 Å². The summed E-state index contributed by atoms with van der Waals surface area (Å²) in [6, 6.07) is 15.2. The molecule has 3 aromatic rings. The highest BCUT2D eigenvalue weighted by molar-refractivity contribution is 5.96. The molecule has 4 rings (SSSR count). The Bertz CT molecular complexity index is 1310. The minimum atomic E-state index is -0.381. The van der Waals surface area contributed by atoms with Crippen LogP contribution in [0.5, 0.6) is 5.75 Å². The number of carbonyl (C=O) groups is 3. The van der Waals surface area contributed by atoms with Crippen LogP contribution in [0.25, 0.3) is 11.3 Å². The number of carbonyl (C=O) groups excluding carboxylic acids is 3. The molecular weight excluding hydrogens is 462 g/mol. The van der Waals surface area contributed by atoms with Crippen molar-refractivity contribution in [3.63, 3.8) is 0 Å². The van der Waals surface area contributed by atoms with Gasteiger partial charge in [-0.05, 0) is 49.2 Å². The molecule has 0 unspecified atom stereocenters. The molecule has 2 aromatic carbocycles. The van der Waals surface area contributed by atoms with Crippen molar-refractivity contribution in [2.45, 2.75) is 19.4 Å². The summed E-state index contributed by atoms with van der Waals surface area (Å²) in [7, 11) is 1.54. The summed E-state index contributed by atoms with van der Waals surface area (Å²) in [6.45, 7) is 0.215. The number of nitrogens with zero attached hydrogens (tertiary/aromatic N) is 2. The van der Waals surface area contributed by atoms with Gasteiger partial charge in [-0.2, -0.15) is 0 Å². The lowest BCUT2D eigenvalue weighted by Crippen LogP contribution is -2.37. The lowest BCUT2D eigenvalue weighted by molar-refractivity contribution is -0.121. The number of benzene rings is 2. The van der Waals surface area contributed by atoms with Gasteiger partial charge in [0.1, 0.15) is 12.3 Å². The van der Waals surface area contributed by atoms with Crippen LogP contribution in [-0.4, -0.2) is 47.5 Å². The topological polar surface area (TPSA) is 131 Å². The minimum Gasteiger partial charge on any atom is -0.496 e. The molecule has 1 aliphatic rings. The van der Waals surface area contributed by atoms with Gasteiger partial charge in [-0.15, -0.1) is 0 Å². The number of nitrogens with one attached hydrogen (secondary N) is 3. The van der Waals surface area contributed by atoms with Crippen molar-refractivity contribution in [1.82, 2.24) is 20.2 Å². The van der Waals surface area contributed by atoms with Gasteiger partial charge in [-0.1, -0.05) is 12.1 Å². The van der Waals surface area contributed by atoms with Crippen LogP contribution >= 0.6 is 0 Å². The van der Waals surface area contributed by atoms with Crippen LogP contribution < -0.4 is 26.2 Å². The second-order valence-electron chi connectivity index (χ2n) is 8.39. The minimum absolute atomic E-state index is 0.00774. The summed E-state index contributed by atoms with van der Waals surface area (Å²) < 4.78 is 6.51. The van der Waals surface area contributed by atoms with Crippen LogP contribution in [0, 0.1) is 5.92 Å². The van der Waals surface area contributed by atoms with Crippen LogP contribution in [0.2, 0.25) is 0 Å². The number of anilines is 1. The van der Waals surface area contributed by atoms with Crippen LogP contribution in [0.3, 0.4) is 0 Å². The van der Waals surface area contributed by atoms with Crippen LogP contribution in [0.4, 0.5) is 5.69 Å². The van der Waals surface area contributed by atoms with Gasteiger partial charge in [-0.25, -0.2) is 4.98 Å². The molecule has 1 saturated carbocycles. The molecular formula is C26H27N5O5. The molecule has 1 heterocycles. The van der Waals surface area contributed by atoms with E-state index in [0.717, 1.165) is 12.8 Å². The van der Waals surface area contributed by atoms with E-state index < -0.39 is 0 Å². The Morgan fingerprint density at radius 1 is 1.03 bits per heavy atom. The van der Waals surface area contributed by atoms with Crippen molar-refractivity contribution in [3.05, 3.63) is 76.8 Å². The number of hydrogen-bond donors (Lipinski definition) is 3. The average Bonchev–Trinajstić information content (AvgIpc) is 3.74. The maximum Gasteiger partial charge on any atom is 0.254 e. The van der Waals surface area contributed by atoms with Gasteiger partial charge < -0.3 is 20.7 Å². The molecule has 3 amide bonds. The highest BCUT2D eigenvalue weighted by atomic mass is 16.5. The number of para-hydroxylation sites is 1. The van der Waals surface area contributed by atoms with E-state index in [1.54, 1.807) is 43.5 Å². The lowest BCUT2D eigenvalue weighted by atomic mass is 10.1. The Balaban J connectivity index is 1.22. The average molecular weight is 490 g/mol. The van der Waals surface area contributed by atoms with Gasteiger partial charge in [0.05, 0.1) is 19.1 Å². The van der Waals surface area contributed by atoms with E-state index in [2.05, 4.69) is 20.9 Å². The fraction of sp³-hybridized carbons (Fsp3) is 0.269. The van der Waals surface area contributed by atoms with Crippen molar-refractivity contribution >= 4 is 23.4 Å². The molecule has 186 valence electrons. The molecule has 1 fully saturated rings. The SMILES string of the molecule is COc1ccccc1-c1cc(=O)n(CC(=O)NCCNC(=O)c2ccc(NC(=O)C3CC3)cc2)cn1. The van der Waals surface area contributed by atoms with Crippen molar-refractivity contribution in [2.24, 2.45) is 5.92 Å². The Labute approximate surface area is 207 Å². The third-order valence-electron chi connectivity index (χ3n) is 5.67. The van der Waals surface area contributed by atoms with Crippen molar-refractivity contribution in [2.75, 3.05) is 25.5 Å². The zero-order valence-corrected chi connectivity index (χ0v) is 19.8. The first kappa shape index (κ1) is 24.6. The molecule has 0 saturated heterocycles. The molecule has 0 spiro atoms. The van der Waals surface area contributed by atoms with E-state index in [0.29, 0.717) is 28.3 Å². The number of amides is 3. The number of aromatic nitrogens is 2. The first-order valence-electron chi connectivity index (χ1n) is 11.6. The predicted molar refractivity (Wildman–Crippen MR) is 134 cm³/mol. The molecule has 0 radical (unpaired) electrons. The molecule has 36 heavy (non-hydrogen) atoms. The summed E-state index contributed by atoms with van der Waals surface area (Å²) in [6.07, 6.45) is 3.17. The van der Waals surface area contributed by atoms with Gasteiger partial charge in [-0.3, -0.25) is 23.7 Å². The van der Waals surface area contributed by atoms with Crippen molar-refractivity contribution in [1.29, 1.82) is 0 Å². The fourth-order valence-corrected chi connectivity index (χ4v) is 3.53. The number of rotatable bonds is 10. The second kappa shape index (κ2) is 11.3. The zero-order chi connectivity index (χ0) is 25.5. The first-order chi connectivity index (χ1) is 17.4. The molecule has 10 nitrogen and oxygen atoms in total. The highest BCUT2D eigenvalue weighted by Gasteiger charge is 2.29. The predicted octanol–water partition coefficient (Wildman–Crippen LogP) is 1.81. The van der Waals surface area contributed by atoms with E-state index in [4.69, 9.17) is 4.74 Å². The summed E-state index contributed by atoms with van der Waals surface area (Å²) in [5.74, 6) is 0.0352. The second-order valence-corrected chi connectivity index (χ2v) is 8.39. The van der Waals surface area contributed by atoms with Gasteiger partial charge in [0, 0.05) is 41.9 Å². The summed E-state index contributed by atoms with van der Waals surface area (Å²) in [4.78, 5) is 53.1. The molecule has 0 atom stereocenters. The van der Waals surface area contributed by atoms with E-state index in [-0.39, 0.29) is 48.8 Å². The summed E-state index contributed by atoms with van der Waals surface area (Å²) >= 11 is 0. The molecule has 1 aliphatic carbocycles. The Hall–Kier alpha value is -4.47. The van der Waals surface area contributed by atoms with E-state index in [9.17, 15) is 19.2 Å². The molecule has 0 bridgehead atoms. The maximum absolute atomic E-state index is 12.5. The smallest absolute Gasteiger partial charge is 0.254 e. The van der Waals surface area contributed by atoms with Gasteiger partial charge in [0.2, 0.25) is 11.8 Å². The van der Waals surface area contributed by atoms with Crippen LogP contribution in [0.1, 0.15) is 23.2 Å². The van der Waals surface area contributed by atoms with Gasteiger partial charge in [0.15, 0.2) is 0 Å². The zero-order valence-electron chi connectivity index (χ0n) is 19.8. The Morgan fingerprint density at radius 3 is 2.44 bits per heavy atom. The molecule has 10 heteroatoms. The highest BCUT2D eigenvalue weighted by Crippen LogP contribution is 2.30. The fourth-order valence-electron chi connectivity index (χ4n) is 3.53. The first-order valence-corrected chi connectivity index (χ1v) is 11.6. The van der Waals surface area contributed by atoms with Crippen molar-refractivity contribution < 1.29 is 19.1 Å². The number of ether oxygens (including phenoxy) is 1. The Morgan fingerprint density at radius 2 is 1.75 bits per heavy atom. The van der Waals surface area contributed by atoms with E-state index in [1.165, 1.54) is 17.0 Å². The number of hydrogen-bond acceptors (Lipinski definition) is 6. The van der Waals surface area contributed by atoms with Gasteiger partial charge >= 0.3 is 0 Å². The lowest BCUT2D eigenvalue weighted by Gasteiger charge is -2.10. The molecule has 0 aliphatic heterocycles. The molecule has 3 N–H and O–H groups in total. The van der Waals surface area contributed by atoms with Crippen molar-refractivity contribution in [3.8, 4) is 17.0 Å². The Kier molecular flexibility index (Phi) is 7.74. The number of methoxy groups -OCH3 is 1. The normalized spacial score (nSPS) is 12.5. The monoisotopic (exact) mass is 489 g/mol. The standard InChI is InChI=1S/C26H27N5O5/c1-36-22-5-3-2-4-20(22)21-14-24(33)31(16-29-21)15-23(32)27-12-13-28-25(34)17-8-10-19(11-9-17)30-26(35)18-6-7-18/h2-5,8-11,14,16,18H,6-7,12-13,15H2,1H3,(H,27,32)(H,28,34)(H,30,35). The third-order valence-corrected chi connectivity index (χ3v) is 5.67. The van der Waals surface area contributed by atoms with E-state index >= 15 is 0 Å². The van der Waals surface area contributed by atoms with E-state index in [1.807, 2.05) is 12.1 Å². The molecule has 1 aromatic heterocycles. The summed E-state index contributed by atoms with van der Waals surface area (Å²) in [5.41, 5.74) is 1.86. The van der Waals surface area contributed by atoms with Crippen LogP contribution in [0.15, 0.2) is 65.7 Å². The van der Waals surface area contributed by atoms with Gasteiger partial charge in [0.25, 0.3) is 11.5 Å². The summed E-state index contributed by atoms with van der Waals surface area (Å²) in [5, 5.41) is 8.21. The quantitative estimate of drug-likeness (QED) is 0.372.